The van der Waals surface area contributed by atoms with Gasteiger partial charge in [-0.1, -0.05) is 0 Å². The summed E-state index contributed by atoms with van der Waals surface area (Å²) in [5, 5.41) is 0. The lowest BCUT2D eigenvalue weighted by molar-refractivity contribution is -0.139. The summed E-state index contributed by atoms with van der Waals surface area (Å²) in [6, 6.07) is 0.504. The van der Waals surface area contributed by atoms with Crippen molar-refractivity contribution in [1.82, 2.24) is 4.98 Å². The predicted molar refractivity (Wildman–Crippen MR) is 48.6 cm³/mol. The highest BCUT2D eigenvalue weighted by Crippen LogP contribution is 2.40. The first kappa shape index (κ1) is 13.6. The van der Waals surface area contributed by atoms with Gasteiger partial charge in [-0.25, -0.2) is 13.8 Å². The second kappa shape index (κ2) is 4.82. The van der Waals surface area contributed by atoms with E-state index in [9.17, 15) is 22.0 Å². The van der Waals surface area contributed by atoms with Crippen LogP contribution in [-0.2, 0) is 12.7 Å². The van der Waals surface area contributed by atoms with Gasteiger partial charge in [-0.15, -0.1) is 0 Å². The van der Waals surface area contributed by atoms with Crippen molar-refractivity contribution < 1.29 is 26.7 Å². The molecule has 0 aliphatic carbocycles. The number of nitrogens with zero attached hydrogens (tertiary/aromatic N) is 1. The van der Waals surface area contributed by atoms with Crippen molar-refractivity contribution in [2.75, 3.05) is 7.11 Å². The van der Waals surface area contributed by atoms with E-state index in [0.29, 0.717) is 6.07 Å². The van der Waals surface area contributed by atoms with E-state index in [1.165, 1.54) is 0 Å². The minimum absolute atomic E-state index is 0.168. The Balaban J connectivity index is 3.52. The monoisotopic (exact) mass is 256 g/mol. The fraction of sp³-hybridized carbons (Fsp3) is 0.444. The topological polar surface area (TPSA) is 48.1 Å². The van der Waals surface area contributed by atoms with Crippen LogP contribution in [0.25, 0.3) is 0 Å². The van der Waals surface area contributed by atoms with Crippen LogP contribution in [-0.4, -0.2) is 12.1 Å². The van der Waals surface area contributed by atoms with Gasteiger partial charge in [0.15, 0.2) is 0 Å². The van der Waals surface area contributed by atoms with Crippen LogP contribution in [0.3, 0.4) is 0 Å². The molecule has 1 aromatic heterocycles. The van der Waals surface area contributed by atoms with Crippen LogP contribution < -0.4 is 10.5 Å². The Hall–Kier alpha value is -1.44. The van der Waals surface area contributed by atoms with E-state index in [1.807, 2.05) is 0 Å². The number of rotatable bonds is 3. The molecule has 96 valence electrons. The predicted octanol–water partition coefficient (Wildman–Crippen LogP) is 2.51. The number of alkyl halides is 5. The number of halogens is 5. The largest absolute Gasteiger partial charge is 0.481 e. The lowest BCUT2D eigenvalue weighted by atomic mass is 10.1. The minimum atomic E-state index is -4.91. The van der Waals surface area contributed by atoms with Gasteiger partial charge in [-0.3, -0.25) is 0 Å². The number of methoxy groups -OCH3 is 1. The number of aromatic nitrogens is 1. The Kier molecular flexibility index (Phi) is 3.87. The van der Waals surface area contributed by atoms with Gasteiger partial charge in [0.25, 0.3) is 6.43 Å². The highest BCUT2D eigenvalue weighted by Gasteiger charge is 2.38. The first-order valence-electron chi connectivity index (χ1n) is 4.44. The maximum Gasteiger partial charge on any atom is 0.417 e. The average molecular weight is 256 g/mol. The van der Waals surface area contributed by atoms with E-state index >= 15 is 0 Å². The zero-order chi connectivity index (χ0) is 13.2. The molecule has 3 nitrogen and oxygen atoms in total. The Morgan fingerprint density at radius 2 is 2.00 bits per heavy atom. The second-order valence-electron chi connectivity index (χ2n) is 3.09. The van der Waals surface area contributed by atoms with E-state index in [0.717, 1.165) is 7.11 Å². The summed E-state index contributed by atoms with van der Waals surface area (Å²) in [6.45, 7) is -0.303. The summed E-state index contributed by atoms with van der Waals surface area (Å²) < 4.78 is 67.4. The average Bonchev–Trinajstić information content (AvgIpc) is 2.25. The molecule has 8 heteroatoms. The van der Waals surface area contributed by atoms with E-state index in [2.05, 4.69) is 9.72 Å². The minimum Gasteiger partial charge on any atom is -0.481 e. The second-order valence-corrected chi connectivity index (χ2v) is 3.09. The molecule has 0 fully saturated rings. The summed E-state index contributed by atoms with van der Waals surface area (Å²) in [4.78, 5) is 3.48. The lowest BCUT2D eigenvalue weighted by Crippen LogP contribution is -2.14. The van der Waals surface area contributed by atoms with Gasteiger partial charge in [-0.05, 0) is 6.07 Å². The van der Waals surface area contributed by atoms with Crippen molar-refractivity contribution in [2.45, 2.75) is 19.1 Å². The fourth-order valence-corrected chi connectivity index (χ4v) is 1.29. The SMILES string of the molecule is COc1nc(CN)cc(C(F)(F)F)c1C(F)F. The third kappa shape index (κ3) is 2.82. The molecule has 0 radical (unpaired) electrons. The number of pyridine rings is 1. The number of hydrogen-bond acceptors (Lipinski definition) is 3. The smallest absolute Gasteiger partial charge is 0.417 e. The molecule has 1 aromatic rings. The van der Waals surface area contributed by atoms with Crippen LogP contribution in [0.4, 0.5) is 22.0 Å². The van der Waals surface area contributed by atoms with Crippen LogP contribution in [0.2, 0.25) is 0 Å². The molecule has 0 saturated heterocycles. The van der Waals surface area contributed by atoms with Crippen LogP contribution in [0, 0.1) is 0 Å². The Morgan fingerprint density at radius 3 is 2.35 bits per heavy atom. The molecule has 0 unspecified atom stereocenters. The van der Waals surface area contributed by atoms with E-state index in [-0.39, 0.29) is 12.2 Å². The van der Waals surface area contributed by atoms with Crippen LogP contribution in [0.5, 0.6) is 5.88 Å². The Labute approximate surface area is 93.4 Å². The van der Waals surface area contributed by atoms with E-state index < -0.39 is 29.6 Å². The molecule has 0 spiro atoms. The number of hydrogen-bond donors (Lipinski definition) is 1. The van der Waals surface area contributed by atoms with Crippen molar-refractivity contribution in [3.8, 4) is 5.88 Å². The van der Waals surface area contributed by atoms with Crippen molar-refractivity contribution in [1.29, 1.82) is 0 Å². The normalized spacial score (nSPS) is 12.0. The first-order chi connectivity index (χ1) is 7.81. The molecule has 1 heterocycles. The summed E-state index contributed by atoms with van der Waals surface area (Å²) in [5.41, 5.74) is 2.23. The van der Waals surface area contributed by atoms with E-state index in [4.69, 9.17) is 5.73 Å². The highest BCUT2D eigenvalue weighted by atomic mass is 19.4. The van der Waals surface area contributed by atoms with Crippen molar-refractivity contribution in [2.24, 2.45) is 5.73 Å². The van der Waals surface area contributed by atoms with Gasteiger partial charge in [0.05, 0.1) is 23.9 Å². The molecule has 1 rings (SSSR count). The highest BCUT2D eigenvalue weighted by molar-refractivity contribution is 5.39. The Morgan fingerprint density at radius 1 is 1.41 bits per heavy atom. The summed E-state index contributed by atoms with van der Waals surface area (Å²) in [6.07, 6.45) is -8.24. The van der Waals surface area contributed by atoms with Crippen molar-refractivity contribution in [3.63, 3.8) is 0 Å². The molecule has 17 heavy (non-hydrogen) atoms. The number of nitrogens with two attached hydrogens (primary N) is 1. The molecule has 0 aliphatic heterocycles. The standard InChI is InChI=1S/C9H9F5N2O/c1-17-8-6(7(10)11)5(9(12,13)14)2-4(3-15)16-8/h2,7H,3,15H2,1H3. The quantitative estimate of drug-likeness (QED) is 0.845. The van der Waals surface area contributed by atoms with Gasteiger partial charge in [-0.2, -0.15) is 13.2 Å². The first-order valence-corrected chi connectivity index (χ1v) is 4.44. The molecular formula is C9H9F5N2O. The summed E-state index contributed by atoms with van der Waals surface area (Å²) >= 11 is 0. The van der Waals surface area contributed by atoms with Crippen LogP contribution in [0.1, 0.15) is 23.2 Å². The third-order valence-corrected chi connectivity index (χ3v) is 2.00. The molecule has 0 bridgehead atoms. The van der Waals surface area contributed by atoms with Gasteiger partial charge >= 0.3 is 6.18 Å². The molecule has 0 saturated carbocycles. The van der Waals surface area contributed by atoms with Gasteiger partial charge < -0.3 is 10.5 Å². The molecule has 0 amide bonds. The number of ether oxygens (including phenoxy) is 1. The molecule has 0 atom stereocenters. The van der Waals surface area contributed by atoms with Gasteiger partial charge in [0, 0.05) is 6.54 Å². The van der Waals surface area contributed by atoms with Gasteiger partial charge in [0.2, 0.25) is 5.88 Å². The molecule has 0 aliphatic rings. The summed E-state index contributed by atoms with van der Waals surface area (Å²) in [5.74, 6) is -0.754. The molecular weight excluding hydrogens is 247 g/mol. The molecule has 0 aromatic carbocycles. The third-order valence-electron chi connectivity index (χ3n) is 2.00. The van der Waals surface area contributed by atoms with Gasteiger partial charge in [0.1, 0.15) is 0 Å². The van der Waals surface area contributed by atoms with Crippen LogP contribution >= 0.6 is 0 Å². The lowest BCUT2D eigenvalue weighted by Gasteiger charge is -2.16. The Bertz CT molecular complexity index is 405. The fourth-order valence-electron chi connectivity index (χ4n) is 1.29. The molecule has 2 N–H and O–H groups in total. The van der Waals surface area contributed by atoms with Crippen LogP contribution in [0.15, 0.2) is 6.07 Å². The maximum absolute atomic E-state index is 12.6. The van der Waals surface area contributed by atoms with Crippen molar-refractivity contribution >= 4 is 0 Å². The maximum atomic E-state index is 12.6. The zero-order valence-electron chi connectivity index (χ0n) is 8.68. The van der Waals surface area contributed by atoms with Crippen molar-refractivity contribution in [3.05, 3.63) is 22.9 Å². The zero-order valence-corrected chi connectivity index (χ0v) is 8.68. The van der Waals surface area contributed by atoms with E-state index in [1.54, 1.807) is 0 Å². The summed E-state index contributed by atoms with van der Waals surface area (Å²) in [7, 11) is 0.967.